The lowest BCUT2D eigenvalue weighted by Gasteiger charge is -2.12. The van der Waals surface area contributed by atoms with E-state index in [1.807, 2.05) is 0 Å². The summed E-state index contributed by atoms with van der Waals surface area (Å²) in [6.07, 6.45) is 1.55. The Bertz CT molecular complexity index is 1020. The number of nitrogens with zero attached hydrogens (tertiary/aromatic N) is 2. The van der Waals surface area contributed by atoms with Crippen molar-refractivity contribution in [3.8, 4) is 11.5 Å². The number of thioether (sulfide) groups is 1. The number of nitro groups is 1. The summed E-state index contributed by atoms with van der Waals surface area (Å²) in [5.74, 6) is -0.231. The van der Waals surface area contributed by atoms with Crippen molar-refractivity contribution >= 4 is 50.6 Å². The van der Waals surface area contributed by atoms with Crippen molar-refractivity contribution in [3.05, 3.63) is 67.0 Å². The van der Waals surface area contributed by atoms with Crippen molar-refractivity contribution in [2.24, 2.45) is 0 Å². The fourth-order valence-corrected chi connectivity index (χ4v) is 3.90. The molecule has 0 radical (unpaired) electrons. The molecule has 1 aliphatic heterocycles. The van der Waals surface area contributed by atoms with Crippen LogP contribution >= 0.6 is 27.7 Å². The Morgan fingerprint density at radius 3 is 2.59 bits per heavy atom. The zero-order valence-corrected chi connectivity index (χ0v) is 17.5. The molecule has 0 atom stereocenters. The van der Waals surface area contributed by atoms with E-state index < -0.39 is 16.1 Å². The summed E-state index contributed by atoms with van der Waals surface area (Å²) in [5.41, 5.74) is 1.11. The van der Waals surface area contributed by atoms with Crippen LogP contribution < -0.4 is 4.74 Å². The summed E-state index contributed by atoms with van der Waals surface area (Å²) >= 11 is 4.13. The summed E-state index contributed by atoms with van der Waals surface area (Å²) in [4.78, 5) is 36.5. The Hall–Kier alpha value is -2.85. The van der Waals surface area contributed by atoms with Crippen LogP contribution in [0.2, 0.25) is 0 Å². The first-order valence-corrected chi connectivity index (χ1v) is 10.0. The first kappa shape index (κ1) is 20.9. The maximum absolute atomic E-state index is 12.7. The van der Waals surface area contributed by atoms with E-state index in [-0.39, 0.29) is 28.6 Å². The summed E-state index contributed by atoms with van der Waals surface area (Å²) in [7, 11) is 0. The van der Waals surface area contributed by atoms with E-state index in [9.17, 15) is 24.8 Å². The summed E-state index contributed by atoms with van der Waals surface area (Å²) < 4.78 is 5.90. The molecule has 1 saturated heterocycles. The number of carbonyl (C=O) groups excluding carboxylic acids is 2. The van der Waals surface area contributed by atoms with E-state index in [1.54, 1.807) is 19.1 Å². The quantitative estimate of drug-likeness (QED) is 0.363. The van der Waals surface area contributed by atoms with Crippen LogP contribution in [0, 0.1) is 10.1 Å². The van der Waals surface area contributed by atoms with Crippen LogP contribution in [0.25, 0.3) is 6.08 Å². The molecule has 0 saturated carbocycles. The lowest BCUT2D eigenvalue weighted by molar-refractivity contribution is -0.384. The Morgan fingerprint density at radius 2 is 1.97 bits per heavy atom. The van der Waals surface area contributed by atoms with Gasteiger partial charge in [0.1, 0.15) is 0 Å². The molecule has 0 bridgehead atoms. The van der Waals surface area contributed by atoms with E-state index in [1.165, 1.54) is 30.3 Å². The van der Waals surface area contributed by atoms with Gasteiger partial charge < -0.3 is 9.84 Å². The second-order valence-corrected chi connectivity index (χ2v) is 7.81. The molecule has 0 aliphatic carbocycles. The van der Waals surface area contributed by atoms with E-state index in [0.29, 0.717) is 22.2 Å². The molecular formula is C19H15BrN2O6S. The topological polar surface area (TPSA) is 110 Å². The standard InChI is InChI=1S/C19H15BrN2O6S/c1-2-28-16-7-12(14(20)9-15(16)23)8-17-18(24)21(19(25)29-17)10-11-3-5-13(6-4-11)22(26)27/h3-9,23H,2,10H2,1H3/b17-8-. The smallest absolute Gasteiger partial charge is 0.293 e. The molecule has 29 heavy (non-hydrogen) atoms. The third-order valence-corrected chi connectivity index (χ3v) is 5.62. The van der Waals surface area contributed by atoms with Crippen molar-refractivity contribution in [1.29, 1.82) is 0 Å². The molecule has 1 heterocycles. The molecule has 0 unspecified atom stereocenters. The molecule has 2 aromatic rings. The van der Waals surface area contributed by atoms with Gasteiger partial charge in [-0.15, -0.1) is 0 Å². The lowest BCUT2D eigenvalue weighted by atomic mass is 10.1. The minimum Gasteiger partial charge on any atom is -0.504 e. The number of non-ortho nitro benzene ring substituents is 1. The first-order valence-electron chi connectivity index (χ1n) is 8.44. The van der Waals surface area contributed by atoms with Gasteiger partial charge in [0.05, 0.1) is 23.0 Å². The number of aromatic hydroxyl groups is 1. The predicted molar refractivity (Wildman–Crippen MR) is 112 cm³/mol. The van der Waals surface area contributed by atoms with Crippen LogP contribution in [-0.2, 0) is 11.3 Å². The van der Waals surface area contributed by atoms with Crippen molar-refractivity contribution in [2.75, 3.05) is 6.61 Å². The maximum Gasteiger partial charge on any atom is 0.293 e. The van der Waals surface area contributed by atoms with Crippen LogP contribution in [0.1, 0.15) is 18.1 Å². The molecule has 2 aromatic carbocycles. The van der Waals surface area contributed by atoms with Crippen molar-refractivity contribution in [1.82, 2.24) is 4.90 Å². The van der Waals surface area contributed by atoms with Crippen molar-refractivity contribution in [3.63, 3.8) is 0 Å². The fraction of sp³-hybridized carbons (Fsp3) is 0.158. The number of carbonyl (C=O) groups is 2. The summed E-state index contributed by atoms with van der Waals surface area (Å²) in [5, 5.41) is 20.2. The molecule has 1 aliphatic rings. The maximum atomic E-state index is 12.7. The fourth-order valence-electron chi connectivity index (χ4n) is 2.62. The van der Waals surface area contributed by atoms with Gasteiger partial charge in [-0.2, -0.15) is 0 Å². The largest absolute Gasteiger partial charge is 0.504 e. The van der Waals surface area contributed by atoms with Gasteiger partial charge in [-0.3, -0.25) is 24.6 Å². The molecule has 3 rings (SSSR count). The summed E-state index contributed by atoms with van der Waals surface area (Å²) in [6.45, 7) is 2.16. The minimum atomic E-state index is -0.515. The number of ether oxygens (including phenoxy) is 1. The van der Waals surface area contributed by atoms with E-state index in [2.05, 4.69) is 15.9 Å². The van der Waals surface area contributed by atoms with Gasteiger partial charge in [0.15, 0.2) is 11.5 Å². The van der Waals surface area contributed by atoms with E-state index in [0.717, 1.165) is 16.7 Å². The third-order valence-electron chi connectivity index (χ3n) is 4.03. The number of phenolic OH excluding ortho intramolecular Hbond substituents is 1. The SMILES string of the molecule is CCOc1cc(/C=C2\SC(=O)N(Cc3ccc([N+](=O)[O-])cc3)C2=O)c(Br)cc1O. The average molecular weight is 479 g/mol. The zero-order valence-electron chi connectivity index (χ0n) is 15.1. The Morgan fingerprint density at radius 1 is 1.28 bits per heavy atom. The van der Waals surface area contributed by atoms with Gasteiger partial charge in [-0.05, 0) is 48.0 Å². The van der Waals surface area contributed by atoms with Gasteiger partial charge in [-0.1, -0.05) is 28.1 Å². The molecule has 2 amide bonds. The summed E-state index contributed by atoms with van der Waals surface area (Å²) in [6, 6.07) is 8.71. The van der Waals surface area contributed by atoms with Gasteiger partial charge in [0.25, 0.3) is 16.8 Å². The molecule has 8 nitrogen and oxygen atoms in total. The van der Waals surface area contributed by atoms with Crippen molar-refractivity contribution in [2.45, 2.75) is 13.5 Å². The molecule has 0 aromatic heterocycles. The minimum absolute atomic E-state index is 0.0148. The monoisotopic (exact) mass is 478 g/mol. The van der Waals surface area contributed by atoms with Crippen LogP contribution in [0.4, 0.5) is 10.5 Å². The molecule has 10 heteroatoms. The number of rotatable bonds is 6. The Kier molecular flexibility index (Phi) is 6.23. The number of hydrogen-bond acceptors (Lipinski definition) is 7. The second-order valence-electron chi connectivity index (χ2n) is 5.97. The number of nitro benzene ring substituents is 1. The number of imide groups is 1. The van der Waals surface area contributed by atoms with Crippen molar-refractivity contribution < 1.29 is 24.4 Å². The highest BCUT2D eigenvalue weighted by Gasteiger charge is 2.35. The van der Waals surface area contributed by atoms with Crippen LogP contribution in [0.3, 0.4) is 0 Å². The Labute approximate surface area is 178 Å². The molecular weight excluding hydrogens is 464 g/mol. The number of halogens is 1. The molecule has 1 N–H and O–H groups in total. The predicted octanol–water partition coefficient (Wildman–Crippen LogP) is 4.70. The normalized spacial score (nSPS) is 15.2. The van der Waals surface area contributed by atoms with E-state index in [4.69, 9.17) is 4.74 Å². The zero-order chi connectivity index (χ0) is 21.1. The highest BCUT2D eigenvalue weighted by molar-refractivity contribution is 9.10. The average Bonchev–Trinajstić information content (AvgIpc) is 2.93. The van der Waals surface area contributed by atoms with Gasteiger partial charge in [-0.25, -0.2) is 0 Å². The van der Waals surface area contributed by atoms with E-state index >= 15 is 0 Å². The van der Waals surface area contributed by atoms with Crippen LogP contribution in [0.5, 0.6) is 11.5 Å². The lowest BCUT2D eigenvalue weighted by Crippen LogP contribution is -2.27. The third kappa shape index (κ3) is 4.60. The highest BCUT2D eigenvalue weighted by Crippen LogP contribution is 2.38. The highest BCUT2D eigenvalue weighted by atomic mass is 79.9. The van der Waals surface area contributed by atoms with Gasteiger partial charge >= 0.3 is 0 Å². The number of hydrogen-bond donors (Lipinski definition) is 1. The van der Waals surface area contributed by atoms with Crippen LogP contribution in [0.15, 0.2) is 45.8 Å². The second kappa shape index (κ2) is 8.66. The van der Waals surface area contributed by atoms with Gasteiger partial charge in [0, 0.05) is 16.6 Å². The van der Waals surface area contributed by atoms with Crippen LogP contribution in [-0.4, -0.2) is 32.7 Å². The number of phenols is 1. The molecule has 1 fully saturated rings. The van der Waals surface area contributed by atoms with Gasteiger partial charge in [0.2, 0.25) is 0 Å². The first-order chi connectivity index (χ1) is 13.8. The molecule has 0 spiro atoms. The number of benzene rings is 2. The Balaban J connectivity index is 1.83. The number of amides is 2. The molecule has 150 valence electrons.